The highest BCUT2D eigenvalue weighted by atomic mass is 16.5. The minimum Gasteiger partial charge on any atom is -0.494 e. The molecule has 0 spiro atoms. The Hall–Kier alpha value is -3.35. The molecule has 2 aromatic heterocycles. The molecule has 7 nitrogen and oxygen atoms in total. The molecule has 1 aliphatic heterocycles. The predicted octanol–water partition coefficient (Wildman–Crippen LogP) is 3.03. The van der Waals surface area contributed by atoms with Crippen LogP contribution in [0.5, 0.6) is 5.75 Å². The fourth-order valence-corrected chi connectivity index (χ4v) is 3.46. The molecule has 0 radical (unpaired) electrons. The number of amides is 2. The first-order chi connectivity index (χ1) is 13.1. The number of rotatable bonds is 4. The van der Waals surface area contributed by atoms with Crippen molar-refractivity contribution in [3.63, 3.8) is 0 Å². The molecule has 3 aromatic rings. The lowest BCUT2D eigenvalue weighted by Crippen LogP contribution is -2.24. The van der Waals surface area contributed by atoms with Crippen molar-refractivity contribution in [2.75, 3.05) is 23.9 Å². The number of imidazole rings is 1. The van der Waals surface area contributed by atoms with E-state index in [4.69, 9.17) is 4.74 Å². The molecule has 3 heterocycles. The second kappa shape index (κ2) is 6.75. The summed E-state index contributed by atoms with van der Waals surface area (Å²) in [5.41, 5.74) is 3.19. The Balaban J connectivity index is 1.63. The van der Waals surface area contributed by atoms with Gasteiger partial charge in [-0.3, -0.25) is 14.0 Å². The van der Waals surface area contributed by atoms with Gasteiger partial charge in [0.1, 0.15) is 17.1 Å². The van der Waals surface area contributed by atoms with Crippen LogP contribution in [0, 0.1) is 6.92 Å². The predicted molar refractivity (Wildman–Crippen MR) is 102 cm³/mol. The van der Waals surface area contributed by atoms with Gasteiger partial charge in [0, 0.05) is 30.9 Å². The molecule has 0 saturated carbocycles. The van der Waals surface area contributed by atoms with E-state index in [1.54, 1.807) is 34.6 Å². The molecule has 7 heteroatoms. The van der Waals surface area contributed by atoms with Crippen molar-refractivity contribution in [2.45, 2.75) is 19.8 Å². The van der Waals surface area contributed by atoms with E-state index in [1.807, 2.05) is 31.3 Å². The Labute approximate surface area is 156 Å². The maximum absolute atomic E-state index is 12.8. The molecular formula is C20H20N4O3. The van der Waals surface area contributed by atoms with E-state index in [2.05, 4.69) is 10.3 Å². The number of nitrogens with zero attached hydrogens (tertiary/aromatic N) is 3. The van der Waals surface area contributed by atoms with Crippen molar-refractivity contribution < 1.29 is 14.3 Å². The van der Waals surface area contributed by atoms with E-state index in [0.717, 1.165) is 17.8 Å². The monoisotopic (exact) mass is 364 g/mol. The minimum atomic E-state index is -0.252. The molecule has 4 rings (SSSR count). The number of aryl methyl sites for hydroxylation is 1. The van der Waals surface area contributed by atoms with Gasteiger partial charge in [0.2, 0.25) is 5.91 Å². The summed E-state index contributed by atoms with van der Waals surface area (Å²) in [6.45, 7) is 2.49. The van der Waals surface area contributed by atoms with E-state index in [-0.39, 0.29) is 11.8 Å². The molecule has 0 aliphatic carbocycles. The van der Waals surface area contributed by atoms with E-state index in [0.29, 0.717) is 35.8 Å². The van der Waals surface area contributed by atoms with Gasteiger partial charge in [-0.25, -0.2) is 4.98 Å². The first kappa shape index (κ1) is 17.1. The summed E-state index contributed by atoms with van der Waals surface area (Å²) in [4.78, 5) is 31.0. The van der Waals surface area contributed by atoms with Gasteiger partial charge in [0.15, 0.2) is 0 Å². The molecule has 1 aromatic carbocycles. The fourth-order valence-electron chi connectivity index (χ4n) is 3.46. The van der Waals surface area contributed by atoms with Crippen LogP contribution in [-0.2, 0) is 4.79 Å². The van der Waals surface area contributed by atoms with Crippen LogP contribution in [-0.4, -0.2) is 34.9 Å². The molecule has 0 bridgehead atoms. The number of pyridine rings is 1. The van der Waals surface area contributed by atoms with Crippen LogP contribution in [0.1, 0.15) is 29.0 Å². The number of aromatic nitrogens is 2. The van der Waals surface area contributed by atoms with Gasteiger partial charge in [-0.05, 0) is 37.6 Å². The Bertz CT molecular complexity index is 1040. The number of carbonyl (C=O) groups excluding carboxylic acids is 2. The van der Waals surface area contributed by atoms with Crippen LogP contribution in [0.4, 0.5) is 11.4 Å². The number of fused-ring (bicyclic) bond motifs is 1. The second-order valence-electron chi connectivity index (χ2n) is 6.46. The van der Waals surface area contributed by atoms with Gasteiger partial charge >= 0.3 is 0 Å². The van der Waals surface area contributed by atoms with Crippen LogP contribution in [0.3, 0.4) is 0 Å². The Morgan fingerprint density at radius 1 is 1.26 bits per heavy atom. The number of ether oxygens (including phenoxy) is 1. The van der Waals surface area contributed by atoms with Crippen LogP contribution < -0.4 is 15.0 Å². The van der Waals surface area contributed by atoms with E-state index < -0.39 is 0 Å². The quantitative estimate of drug-likeness (QED) is 0.772. The maximum atomic E-state index is 12.8. The SMILES string of the molecule is COc1cc(NC(=O)c2c(C)nc3ccccn23)ccc1N1CCCC1=O. The van der Waals surface area contributed by atoms with Crippen molar-refractivity contribution in [1.82, 2.24) is 9.38 Å². The summed E-state index contributed by atoms with van der Waals surface area (Å²) >= 11 is 0. The molecule has 1 N–H and O–H groups in total. The van der Waals surface area contributed by atoms with Gasteiger partial charge in [0.05, 0.1) is 18.5 Å². The number of hydrogen-bond acceptors (Lipinski definition) is 4. The van der Waals surface area contributed by atoms with E-state index >= 15 is 0 Å². The van der Waals surface area contributed by atoms with Gasteiger partial charge in [-0.2, -0.15) is 0 Å². The molecule has 138 valence electrons. The van der Waals surface area contributed by atoms with Crippen molar-refractivity contribution in [3.05, 3.63) is 54.0 Å². The zero-order chi connectivity index (χ0) is 19.0. The Kier molecular flexibility index (Phi) is 4.27. The highest BCUT2D eigenvalue weighted by molar-refractivity contribution is 6.05. The number of methoxy groups -OCH3 is 1. The zero-order valence-corrected chi connectivity index (χ0v) is 15.2. The first-order valence-corrected chi connectivity index (χ1v) is 8.82. The number of benzene rings is 1. The molecule has 0 unspecified atom stereocenters. The fraction of sp³-hybridized carbons (Fsp3) is 0.250. The molecule has 27 heavy (non-hydrogen) atoms. The van der Waals surface area contributed by atoms with Crippen molar-refractivity contribution in [2.24, 2.45) is 0 Å². The number of hydrogen-bond donors (Lipinski definition) is 1. The van der Waals surface area contributed by atoms with E-state index in [1.165, 1.54) is 0 Å². The summed E-state index contributed by atoms with van der Waals surface area (Å²) in [5.74, 6) is 0.391. The van der Waals surface area contributed by atoms with Gasteiger partial charge in [-0.15, -0.1) is 0 Å². The Morgan fingerprint density at radius 2 is 2.11 bits per heavy atom. The first-order valence-electron chi connectivity index (χ1n) is 8.82. The van der Waals surface area contributed by atoms with Crippen molar-refractivity contribution in [1.29, 1.82) is 0 Å². The zero-order valence-electron chi connectivity index (χ0n) is 15.2. The Morgan fingerprint density at radius 3 is 2.85 bits per heavy atom. The maximum Gasteiger partial charge on any atom is 0.274 e. The number of anilines is 2. The lowest BCUT2D eigenvalue weighted by molar-refractivity contribution is -0.117. The van der Waals surface area contributed by atoms with Gasteiger partial charge in [0.25, 0.3) is 5.91 Å². The standard InChI is InChI=1S/C20H20N4O3/c1-13-19(24-10-4-3-6-17(24)21-13)20(26)22-14-8-9-15(16(12-14)27-2)23-11-5-7-18(23)25/h3-4,6,8-10,12H,5,7,11H2,1-2H3,(H,22,26). The highest BCUT2D eigenvalue weighted by Gasteiger charge is 2.25. The summed E-state index contributed by atoms with van der Waals surface area (Å²) in [6.07, 6.45) is 3.20. The van der Waals surface area contributed by atoms with Gasteiger partial charge in [-0.1, -0.05) is 6.07 Å². The number of carbonyl (C=O) groups is 2. The summed E-state index contributed by atoms with van der Waals surface area (Å²) < 4.78 is 7.21. The molecule has 0 atom stereocenters. The van der Waals surface area contributed by atoms with Crippen LogP contribution in [0.25, 0.3) is 5.65 Å². The minimum absolute atomic E-state index is 0.0893. The topological polar surface area (TPSA) is 75.9 Å². The van der Waals surface area contributed by atoms with Crippen LogP contribution >= 0.6 is 0 Å². The van der Waals surface area contributed by atoms with Crippen molar-refractivity contribution in [3.8, 4) is 5.75 Å². The molecule has 2 amide bonds. The third kappa shape index (κ3) is 3.01. The largest absolute Gasteiger partial charge is 0.494 e. The average molecular weight is 364 g/mol. The smallest absolute Gasteiger partial charge is 0.274 e. The van der Waals surface area contributed by atoms with Crippen molar-refractivity contribution >= 4 is 28.8 Å². The van der Waals surface area contributed by atoms with Crippen LogP contribution in [0.2, 0.25) is 0 Å². The normalized spacial score (nSPS) is 14.0. The summed E-state index contributed by atoms with van der Waals surface area (Å²) in [6, 6.07) is 10.9. The summed E-state index contributed by atoms with van der Waals surface area (Å²) in [7, 11) is 1.56. The lowest BCUT2D eigenvalue weighted by Gasteiger charge is -2.19. The highest BCUT2D eigenvalue weighted by Crippen LogP contribution is 2.34. The lowest BCUT2D eigenvalue weighted by atomic mass is 10.2. The second-order valence-corrected chi connectivity index (χ2v) is 6.46. The molecule has 1 saturated heterocycles. The average Bonchev–Trinajstić information content (AvgIpc) is 3.23. The van der Waals surface area contributed by atoms with E-state index in [9.17, 15) is 9.59 Å². The van der Waals surface area contributed by atoms with Crippen LogP contribution in [0.15, 0.2) is 42.6 Å². The third-order valence-electron chi connectivity index (χ3n) is 4.72. The summed E-state index contributed by atoms with van der Waals surface area (Å²) in [5, 5.41) is 2.90. The molecule has 1 aliphatic rings. The molecule has 1 fully saturated rings. The number of nitrogens with one attached hydrogen (secondary N) is 1. The third-order valence-corrected chi connectivity index (χ3v) is 4.72. The van der Waals surface area contributed by atoms with Gasteiger partial charge < -0.3 is 15.0 Å². The molecular weight excluding hydrogens is 344 g/mol.